The first-order chi connectivity index (χ1) is 7.27. The summed E-state index contributed by atoms with van der Waals surface area (Å²) >= 11 is 1.82. The van der Waals surface area contributed by atoms with Gasteiger partial charge in [-0.05, 0) is 19.5 Å². The Hall–Kier alpha value is -0.450. The molecule has 0 radical (unpaired) electrons. The smallest absolute Gasteiger partial charge is 0.118 e. The number of hydrogen-bond acceptors (Lipinski definition) is 4. The van der Waals surface area contributed by atoms with Gasteiger partial charge in [0, 0.05) is 24.4 Å². The fraction of sp³-hybridized carbons (Fsp3) is 0.636. The minimum Gasteiger partial charge on any atom is -0.465 e. The summed E-state index contributed by atoms with van der Waals surface area (Å²) in [5.41, 5.74) is 6.73. The summed E-state index contributed by atoms with van der Waals surface area (Å²) in [6.45, 7) is 6.71. The highest BCUT2D eigenvalue weighted by molar-refractivity contribution is 7.98. The van der Waals surface area contributed by atoms with Gasteiger partial charge >= 0.3 is 0 Å². The van der Waals surface area contributed by atoms with E-state index in [4.69, 9.17) is 10.2 Å². The van der Waals surface area contributed by atoms with Crippen molar-refractivity contribution in [2.75, 3.05) is 18.8 Å². The SMILES string of the molecule is CCNCc1cc(C)oc1CSCCN. The Morgan fingerprint density at radius 2 is 2.33 bits per heavy atom. The second kappa shape index (κ2) is 6.93. The second-order valence-electron chi connectivity index (χ2n) is 3.43. The Morgan fingerprint density at radius 3 is 3.00 bits per heavy atom. The Bertz CT molecular complexity index is 286. The van der Waals surface area contributed by atoms with Gasteiger partial charge in [0.15, 0.2) is 0 Å². The van der Waals surface area contributed by atoms with Crippen molar-refractivity contribution in [3.63, 3.8) is 0 Å². The number of hydrogen-bond donors (Lipinski definition) is 2. The summed E-state index contributed by atoms with van der Waals surface area (Å²) in [5.74, 6) is 3.99. The lowest BCUT2D eigenvalue weighted by atomic mass is 10.2. The Balaban J connectivity index is 2.51. The van der Waals surface area contributed by atoms with Crippen LogP contribution in [0.25, 0.3) is 0 Å². The highest BCUT2D eigenvalue weighted by Crippen LogP contribution is 2.20. The molecule has 0 aliphatic heterocycles. The highest BCUT2D eigenvalue weighted by Gasteiger charge is 2.08. The van der Waals surface area contributed by atoms with Gasteiger partial charge in [0.2, 0.25) is 0 Å². The lowest BCUT2D eigenvalue weighted by Gasteiger charge is -2.02. The molecule has 0 saturated carbocycles. The zero-order valence-corrected chi connectivity index (χ0v) is 10.3. The van der Waals surface area contributed by atoms with Crippen molar-refractivity contribution < 1.29 is 4.42 Å². The van der Waals surface area contributed by atoms with Gasteiger partial charge in [-0.2, -0.15) is 11.8 Å². The highest BCUT2D eigenvalue weighted by atomic mass is 32.2. The third kappa shape index (κ3) is 4.28. The summed E-state index contributed by atoms with van der Waals surface area (Å²) in [6, 6.07) is 2.11. The van der Waals surface area contributed by atoms with Gasteiger partial charge in [-0.15, -0.1) is 0 Å². The van der Waals surface area contributed by atoms with Crippen LogP contribution in [0.4, 0.5) is 0 Å². The first-order valence-electron chi connectivity index (χ1n) is 5.34. The summed E-state index contributed by atoms with van der Waals surface area (Å²) in [7, 11) is 0. The minimum atomic E-state index is 0.729. The van der Waals surface area contributed by atoms with E-state index < -0.39 is 0 Å². The molecule has 0 aliphatic carbocycles. The van der Waals surface area contributed by atoms with Crippen LogP contribution >= 0.6 is 11.8 Å². The molecule has 0 aromatic carbocycles. The summed E-state index contributed by atoms with van der Waals surface area (Å²) in [4.78, 5) is 0. The summed E-state index contributed by atoms with van der Waals surface area (Å²) < 4.78 is 5.66. The maximum absolute atomic E-state index is 5.66. The molecule has 0 aliphatic rings. The molecule has 1 aromatic rings. The van der Waals surface area contributed by atoms with Crippen LogP contribution in [-0.2, 0) is 12.3 Å². The molecule has 0 bridgehead atoms. The standard InChI is InChI=1S/C11H20N2OS/c1-3-13-7-10-6-9(2)14-11(10)8-15-5-4-12/h6,13H,3-5,7-8,12H2,1-2H3. The van der Waals surface area contributed by atoms with E-state index in [1.165, 1.54) is 5.56 Å². The maximum Gasteiger partial charge on any atom is 0.118 e. The lowest BCUT2D eigenvalue weighted by molar-refractivity contribution is 0.496. The molecule has 0 fully saturated rings. The van der Waals surface area contributed by atoms with E-state index in [9.17, 15) is 0 Å². The third-order valence-corrected chi connectivity index (χ3v) is 3.07. The quantitative estimate of drug-likeness (QED) is 0.700. The number of rotatable bonds is 7. The lowest BCUT2D eigenvalue weighted by Crippen LogP contribution is -2.12. The molecule has 1 rings (SSSR count). The first-order valence-corrected chi connectivity index (χ1v) is 6.50. The molecular formula is C11H20N2OS. The Kier molecular flexibility index (Phi) is 5.83. The number of furan rings is 1. The normalized spacial score (nSPS) is 10.9. The fourth-order valence-corrected chi connectivity index (χ4v) is 2.14. The maximum atomic E-state index is 5.66. The zero-order valence-electron chi connectivity index (χ0n) is 9.51. The van der Waals surface area contributed by atoms with E-state index in [0.29, 0.717) is 0 Å². The topological polar surface area (TPSA) is 51.2 Å². The number of nitrogens with one attached hydrogen (secondary N) is 1. The molecule has 1 aromatic heterocycles. The molecule has 0 spiro atoms. The largest absolute Gasteiger partial charge is 0.465 e. The number of nitrogens with two attached hydrogens (primary N) is 1. The van der Waals surface area contributed by atoms with Gasteiger partial charge in [0.25, 0.3) is 0 Å². The molecule has 0 atom stereocenters. The zero-order chi connectivity index (χ0) is 11.1. The van der Waals surface area contributed by atoms with E-state index in [1.807, 2.05) is 18.7 Å². The van der Waals surface area contributed by atoms with Crippen molar-refractivity contribution in [1.29, 1.82) is 0 Å². The van der Waals surface area contributed by atoms with Gasteiger partial charge in [-0.1, -0.05) is 6.92 Å². The van der Waals surface area contributed by atoms with E-state index >= 15 is 0 Å². The van der Waals surface area contributed by atoms with Crippen molar-refractivity contribution in [1.82, 2.24) is 5.32 Å². The van der Waals surface area contributed by atoms with E-state index in [0.717, 1.165) is 42.7 Å². The Morgan fingerprint density at radius 1 is 1.53 bits per heavy atom. The van der Waals surface area contributed by atoms with Crippen molar-refractivity contribution in [2.45, 2.75) is 26.1 Å². The van der Waals surface area contributed by atoms with Crippen LogP contribution in [0, 0.1) is 6.92 Å². The predicted octanol–water partition coefficient (Wildman–Crippen LogP) is 1.89. The van der Waals surface area contributed by atoms with Gasteiger partial charge in [-0.3, -0.25) is 0 Å². The molecule has 15 heavy (non-hydrogen) atoms. The third-order valence-electron chi connectivity index (χ3n) is 2.08. The van der Waals surface area contributed by atoms with E-state index in [-0.39, 0.29) is 0 Å². The second-order valence-corrected chi connectivity index (χ2v) is 4.53. The number of thioether (sulfide) groups is 1. The molecule has 1 heterocycles. The van der Waals surface area contributed by atoms with Gasteiger partial charge in [0.05, 0.1) is 5.75 Å². The van der Waals surface area contributed by atoms with Crippen LogP contribution < -0.4 is 11.1 Å². The first kappa shape index (κ1) is 12.6. The van der Waals surface area contributed by atoms with Crippen molar-refractivity contribution in [3.05, 3.63) is 23.2 Å². The average Bonchev–Trinajstić information content (AvgIpc) is 2.56. The molecule has 3 nitrogen and oxygen atoms in total. The molecular weight excluding hydrogens is 208 g/mol. The van der Waals surface area contributed by atoms with Crippen LogP contribution in [-0.4, -0.2) is 18.8 Å². The van der Waals surface area contributed by atoms with Crippen molar-refractivity contribution in [3.8, 4) is 0 Å². The van der Waals surface area contributed by atoms with Crippen molar-refractivity contribution in [2.24, 2.45) is 5.73 Å². The Labute approximate surface area is 95.8 Å². The minimum absolute atomic E-state index is 0.729. The summed E-state index contributed by atoms with van der Waals surface area (Å²) in [6.07, 6.45) is 0. The van der Waals surface area contributed by atoms with Crippen LogP contribution in [0.1, 0.15) is 24.0 Å². The van der Waals surface area contributed by atoms with Crippen LogP contribution in [0.15, 0.2) is 10.5 Å². The number of aryl methyl sites for hydroxylation is 1. The van der Waals surface area contributed by atoms with Gasteiger partial charge < -0.3 is 15.5 Å². The molecule has 86 valence electrons. The van der Waals surface area contributed by atoms with Crippen LogP contribution in [0.3, 0.4) is 0 Å². The van der Waals surface area contributed by atoms with Crippen LogP contribution in [0.2, 0.25) is 0 Å². The monoisotopic (exact) mass is 228 g/mol. The van der Waals surface area contributed by atoms with Crippen LogP contribution in [0.5, 0.6) is 0 Å². The van der Waals surface area contributed by atoms with Gasteiger partial charge in [0.1, 0.15) is 11.5 Å². The van der Waals surface area contributed by atoms with E-state index in [1.54, 1.807) is 0 Å². The van der Waals surface area contributed by atoms with Gasteiger partial charge in [-0.25, -0.2) is 0 Å². The van der Waals surface area contributed by atoms with Crippen molar-refractivity contribution >= 4 is 11.8 Å². The molecule has 3 N–H and O–H groups in total. The fourth-order valence-electron chi connectivity index (χ4n) is 1.39. The predicted molar refractivity (Wildman–Crippen MR) is 66.0 cm³/mol. The van der Waals surface area contributed by atoms with E-state index in [2.05, 4.69) is 18.3 Å². The molecule has 0 amide bonds. The average molecular weight is 228 g/mol. The molecule has 0 saturated heterocycles. The summed E-state index contributed by atoms with van der Waals surface area (Å²) in [5, 5.41) is 3.31. The molecule has 4 heteroatoms. The molecule has 0 unspecified atom stereocenters.